The summed E-state index contributed by atoms with van der Waals surface area (Å²) in [5, 5.41) is 3.25. The fraction of sp³-hybridized carbons (Fsp3) is 0.556. The maximum atomic E-state index is 5.37. The minimum Gasteiger partial charge on any atom is -0.497 e. The van der Waals surface area contributed by atoms with Crippen molar-refractivity contribution in [3.05, 3.63) is 23.4 Å². The van der Waals surface area contributed by atoms with Gasteiger partial charge in [-0.25, -0.2) is 0 Å². The average molecular weight is 232 g/mol. The molecule has 0 aromatic rings. The first-order chi connectivity index (χ1) is 5.79. The Hall–Kier alpha value is -0.280. The number of hydrogen-bond acceptors (Lipinski definition) is 2. The predicted octanol–water partition coefficient (Wildman–Crippen LogP) is 2.18. The molecule has 0 aromatic carbocycles. The number of allylic oxidation sites excluding steroid dienone is 1. The van der Waals surface area contributed by atoms with Gasteiger partial charge in [-0.05, 0) is 18.9 Å². The van der Waals surface area contributed by atoms with Gasteiger partial charge in [0.1, 0.15) is 6.10 Å². The van der Waals surface area contributed by atoms with E-state index in [0.29, 0.717) is 6.10 Å². The van der Waals surface area contributed by atoms with Crippen LogP contribution in [0.2, 0.25) is 0 Å². The highest BCUT2D eigenvalue weighted by Crippen LogP contribution is 2.09. The van der Waals surface area contributed by atoms with E-state index < -0.39 is 0 Å². The SMILES string of the molecule is C=C(Br)CNCC1CCC=CO1. The molecule has 0 aromatic heterocycles. The highest BCUT2D eigenvalue weighted by Gasteiger charge is 2.09. The number of rotatable bonds is 4. The summed E-state index contributed by atoms with van der Waals surface area (Å²) in [6.45, 7) is 5.44. The van der Waals surface area contributed by atoms with E-state index in [9.17, 15) is 0 Å². The number of hydrogen-bond donors (Lipinski definition) is 1. The average Bonchev–Trinajstić information content (AvgIpc) is 2.05. The van der Waals surface area contributed by atoms with Crippen molar-refractivity contribution in [1.82, 2.24) is 5.32 Å². The van der Waals surface area contributed by atoms with E-state index in [4.69, 9.17) is 4.74 Å². The zero-order chi connectivity index (χ0) is 8.81. The molecule has 0 aliphatic carbocycles. The molecular weight excluding hydrogens is 218 g/mol. The lowest BCUT2D eigenvalue weighted by molar-refractivity contribution is 0.123. The van der Waals surface area contributed by atoms with Gasteiger partial charge in [0.2, 0.25) is 0 Å². The van der Waals surface area contributed by atoms with Gasteiger partial charge in [0.15, 0.2) is 0 Å². The van der Waals surface area contributed by atoms with Gasteiger partial charge in [-0.15, -0.1) is 0 Å². The molecule has 0 bridgehead atoms. The van der Waals surface area contributed by atoms with E-state index in [1.165, 1.54) is 0 Å². The van der Waals surface area contributed by atoms with Crippen LogP contribution >= 0.6 is 15.9 Å². The number of halogens is 1. The van der Waals surface area contributed by atoms with Crippen molar-refractivity contribution in [1.29, 1.82) is 0 Å². The van der Waals surface area contributed by atoms with Gasteiger partial charge >= 0.3 is 0 Å². The van der Waals surface area contributed by atoms with E-state index in [-0.39, 0.29) is 0 Å². The van der Waals surface area contributed by atoms with Crippen LogP contribution in [0.3, 0.4) is 0 Å². The maximum Gasteiger partial charge on any atom is 0.110 e. The van der Waals surface area contributed by atoms with Crippen LogP contribution in [0.5, 0.6) is 0 Å². The van der Waals surface area contributed by atoms with Crippen LogP contribution in [0.25, 0.3) is 0 Å². The lowest BCUT2D eigenvalue weighted by Gasteiger charge is -2.19. The van der Waals surface area contributed by atoms with E-state index >= 15 is 0 Å². The lowest BCUT2D eigenvalue weighted by atomic mass is 10.1. The highest BCUT2D eigenvalue weighted by atomic mass is 79.9. The summed E-state index contributed by atoms with van der Waals surface area (Å²) in [5.74, 6) is 0. The fourth-order valence-electron chi connectivity index (χ4n) is 1.10. The second-order valence-electron chi connectivity index (χ2n) is 2.86. The highest BCUT2D eigenvalue weighted by molar-refractivity contribution is 9.11. The molecule has 1 atom stereocenters. The molecule has 3 heteroatoms. The van der Waals surface area contributed by atoms with Crippen LogP contribution in [0.15, 0.2) is 23.4 Å². The zero-order valence-corrected chi connectivity index (χ0v) is 8.64. The molecule has 1 N–H and O–H groups in total. The summed E-state index contributed by atoms with van der Waals surface area (Å²) in [4.78, 5) is 0. The Balaban J connectivity index is 2.06. The number of ether oxygens (including phenoxy) is 1. The molecule has 1 aliphatic heterocycles. The van der Waals surface area contributed by atoms with Crippen LogP contribution in [-0.4, -0.2) is 19.2 Å². The Morgan fingerprint density at radius 2 is 2.58 bits per heavy atom. The van der Waals surface area contributed by atoms with Crippen molar-refractivity contribution in [2.24, 2.45) is 0 Å². The Morgan fingerprint density at radius 1 is 1.75 bits per heavy atom. The van der Waals surface area contributed by atoms with E-state index in [2.05, 4.69) is 33.9 Å². The van der Waals surface area contributed by atoms with E-state index in [1.807, 2.05) is 0 Å². The largest absolute Gasteiger partial charge is 0.497 e. The molecule has 0 saturated heterocycles. The Kier molecular flexibility index (Phi) is 4.40. The summed E-state index contributed by atoms with van der Waals surface area (Å²) in [6.07, 6.45) is 6.42. The van der Waals surface area contributed by atoms with Crippen LogP contribution in [0.4, 0.5) is 0 Å². The van der Waals surface area contributed by atoms with Crippen LogP contribution < -0.4 is 5.32 Å². The third kappa shape index (κ3) is 3.93. The second kappa shape index (κ2) is 5.38. The van der Waals surface area contributed by atoms with Crippen molar-refractivity contribution < 1.29 is 4.74 Å². The van der Waals surface area contributed by atoms with Crippen molar-refractivity contribution >= 4 is 15.9 Å². The zero-order valence-electron chi connectivity index (χ0n) is 7.05. The smallest absolute Gasteiger partial charge is 0.110 e. The van der Waals surface area contributed by atoms with Gasteiger partial charge < -0.3 is 10.1 Å². The maximum absolute atomic E-state index is 5.37. The van der Waals surface area contributed by atoms with Crippen LogP contribution in [-0.2, 0) is 4.74 Å². The molecule has 1 heterocycles. The first kappa shape index (κ1) is 9.81. The quantitative estimate of drug-likeness (QED) is 0.802. The summed E-state index contributed by atoms with van der Waals surface area (Å²) in [7, 11) is 0. The Morgan fingerprint density at radius 3 is 3.17 bits per heavy atom. The summed E-state index contributed by atoms with van der Waals surface area (Å²) < 4.78 is 6.35. The van der Waals surface area contributed by atoms with Gasteiger partial charge in [-0.2, -0.15) is 0 Å². The van der Waals surface area contributed by atoms with Gasteiger partial charge in [0, 0.05) is 17.6 Å². The topological polar surface area (TPSA) is 21.3 Å². The lowest BCUT2D eigenvalue weighted by Crippen LogP contribution is -2.29. The van der Waals surface area contributed by atoms with Crippen LogP contribution in [0.1, 0.15) is 12.8 Å². The second-order valence-corrected chi connectivity index (χ2v) is 3.98. The molecule has 0 radical (unpaired) electrons. The summed E-state index contributed by atoms with van der Waals surface area (Å²) >= 11 is 3.29. The summed E-state index contributed by atoms with van der Waals surface area (Å²) in [5.41, 5.74) is 0. The van der Waals surface area contributed by atoms with Gasteiger partial charge in [0.05, 0.1) is 6.26 Å². The van der Waals surface area contributed by atoms with Gasteiger partial charge in [-0.1, -0.05) is 22.5 Å². The molecule has 1 rings (SSSR count). The van der Waals surface area contributed by atoms with Crippen LogP contribution in [0, 0.1) is 0 Å². The van der Waals surface area contributed by atoms with Gasteiger partial charge in [-0.3, -0.25) is 0 Å². The van der Waals surface area contributed by atoms with E-state index in [1.54, 1.807) is 6.26 Å². The molecule has 2 nitrogen and oxygen atoms in total. The Labute approximate surface area is 81.8 Å². The molecule has 68 valence electrons. The van der Waals surface area contributed by atoms with Gasteiger partial charge in [0.25, 0.3) is 0 Å². The minimum atomic E-state index is 0.335. The number of nitrogens with one attached hydrogen (secondary N) is 1. The molecule has 1 aliphatic rings. The summed E-state index contributed by atoms with van der Waals surface area (Å²) in [6, 6.07) is 0. The van der Waals surface area contributed by atoms with Crippen molar-refractivity contribution in [3.8, 4) is 0 Å². The Bertz CT molecular complexity index is 179. The molecule has 0 amide bonds. The van der Waals surface area contributed by atoms with Crippen molar-refractivity contribution in [2.45, 2.75) is 18.9 Å². The molecule has 12 heavy (non-hydrogen) atoms. The van der Waals surface area contributed by atoms with E-state index in [0.717, 1.165) is 30.4 Å². The third-order valence-corrected chi connectivity index (χ3v) is 1.99. The van der Waals surface area contributed by atoms with Crippen molar-refractivity contribution in [2.75, 3.05) is 13.1 Å². The molecule has 0 saturated carbocycles. The first-order valence-electron chi connectivity index (χ1n) is 4.13. The minimum absolute atomic E-state index is 0.335. The molecule has 0 spiro atoms. The molecule has 1 unspecified atom stereocenters. The molecule has 0 fully saturated rings. The fourth-order valence-corrected chi connectivity index (χ4v) is 1.30. The predicted molar refractivity (Wildman–Crippen MR) is 54.2 cm³/mol. The third-order valence-electron chi connectivity index (χ3n) is 1.71. The first-order valence-corrected chi connectivity index (χ1v) is 4.93. The standard InChI is InChI=1S/C9H14BrNO/c1-8(10)6-11-7-9-4-2-3-5-12-9/h3,5,9,11H,1-2,4,6-7H2. The monoisotopic (exact) mass is 231 g/mol. The molecular formula is C9H14BrNO. The van der Waals surface area contributed by atoms with Crippen molar-refractivity contribution in [3.63, 3.8) is 0 Å². The normalized spacial score (nSPS) is 21.9.